The highest BCUT2D eigenvalue weighted by Crippen LogP contribution is 2.33. The van der Waals surface area contributed by atoms with Crippen LogP contribution in [0.3, 0.4) is 0 Å². The third-order valence-corrected chi connectivity index (χ3v) is 2.89. The molecule has 0 aliphatic carbocycles. The largest absolute Gasteiger partial charge is 0.432 e. The zero-order valence-corrected chi connectivity index (χ0v) is 7.14. The van der Waals surface area contributed by atoms with Crippen LogP contribution in [0.25, 0.3) is 0 Å². The van der Waals surface area contributed by atoms with Crippen molar-refractivity contribution in [1.29, 1.82) is 0 Å². The molecule has 0 aliphatic rings. The molecule has 0 spiro atoms. The Kier molecular flexibility index (Phi) is 3.42. The Morgan fingerprint density at radius 2 is 1.62 bits per heavy atom. The van der Waals surface area contributed by atoms with E-state index in [9.17, 15) is 30.4 Å². The normalized spacial score (nSPS) is 12.8. The Labute approximate surface area is 71.0 Å². The minimum atomic E-state index is -5.53. The standard InChI is InChI=1S/C5H5F5O2S/c1-2-13(11,12)3(4(6)7)5(8,9)10/h2H2,1H3. The lowest BCUT2D eigenvalue weighted by Gasteiger charge is -2.09. The minimum Gasteiger partial charge on any atom is -0.224 e. The van der Waals surface area contributed by atoms with E-state index >= 15 is 0 Å². The molecule has 0 heterocycles. The summed E-state index contributed by atoms with van der Waals surface area (Å²) in [4.78, 5) is -2.75. The Bertz CT molecular complexity index is 308. The smallest absolute Gasteiger partial charge is 0.224 e. The highest BCUT2D eigenvalue weighted by atomic mass is 32.2. The Hall–Kier alpha value is -0.660. The fraction of sp³-hybridized carbons (Fsp3) is 0.600. The topological polar surface area (TPSA) is 34.1 Å². The maximum atomic E-state index is 11.7. The average Bonchev–Trinajstić information content (AvgIpc) is 1.82. The zero-order chi connectivity index (χ0) is 10.9. The van der Waals surface area contributed by atoms with Crippen molar-refractivity contribution in [3.05, 3.63) is 11.0 Å². The number of allylic oxidation sites excluding steroid dienone is 1. The Morgan fingerprint density at radius 1 is 1.23 bits per heavy atom. The fourth-order valence-corrected chi connectivity index (χ4v) is 1.42. The molecule has 0 atom stereocenters. The van der Waals surface area contributed by atoms with Crippen LogP contribution < -0.4 is 0 Å². The van der Waals surface area contributed by atoms with Gasteiger partial charge in [0.15, 0.2) is 9.84 Å². The summed E-state index contributed by atoms with van der Waals surface area (Å²) in [6, 6.07) is 0. The number of alkyl halides is 3. The molecule has 8 heteroatoms. The maximum Gasteiger partial charge on any atom is 0.432 e. The maximum absolute atomic E-state index is 11.7. The summed E-state index contributed by atoms with van der Waals surface area (Å²) < 4.78 is 79.6. The van der Waals surface area contributed by atoms with E-state index in [1.807, 2.05) is 0 Å². The summed E-state index contributed by atoms with van der Waals surface area (Å²) >= 11 is 0. The predicted octanol–water partition coefficient (Wildman–Crippen LogP) is 2.09. The summed E-state index contributed by atoms with van der Waals surface area (Å²) in [5.41, 5.74) is 0. The van der Waals surface area contributed by atoms with Gasteiger partial charge in [-0.15, -0.1) is 0 Å². The second-order valence-electron chi connectivity index (χ2n) is 1.99. The molecule has 2 nitrogen and oxygen atoms in total. The highest BCUT2D eigenvalue weighted by Gasteiger charge is 2.45. The van der Waals surface area contributed by atoms with Crippen molar-refractivity contribution in [2.75, 3.05) is 5.75 Å². The van der Waals surface area contributed by atoms with Crippen LogP contribution in [0.2, 0.25) is 0 Å². The van der Waals surface area contributed by atoms with Crippen LogP contribution in [0.15, 0.2) is 11.0 Å². The van der Waals surface area contributed by atoms with Crippen LogP contribution in [0, 0.1) is 0 Å². The van der Waals surface area contributed by atoms with E-state index in [4.69, 9.17) is 0 Å². The number of hydrogen-bond acceptors (Lipinski definition) is 2. The molecule has 0 saturated carbocycles. The molecule has 78 valence electrons. The molecule has 0 unspecified atom stereocenters. The van der Waals surface area contributed by atoms with Crippen LogP contribution in [-0.2, 0) is 9.84 Å². The van der Waals surface area contributed by atoms with Gasteiger partial charge in [0.2, 0.25) is 4.91 Å². The molecule has 13 heavy (non-hydrogen) atoms. The first-order valence-corrected chi connectivity index (χ1v) is 4.63. The molecule has 0 rings (SSSR count). The number of sulfone groups is 1. The van der Waals surface area contributed by atoms with Gasteiger partial charge in [-0.05, 0) is 0 Å². The van der Waals surface area contributed by atoms with Crippen LogP contribution in [0.5, 0.6) is 0 Å². The number of rotatable bonds is 2. The molecular weight excluding hydrogens is 219 g/mol. The van der Waals surface area contributed by atoms with Crippen molar-refractivity contribution in [3.63, 3.8) is 0 Å². The molecule has 0 aliphatic heterocycles. The highest BCUT2D eigenvalue weighted by molar-refractivity contribution is 7.95. The van der Waals surface area contributed by atoms with E-state index < -0.39 is 32.8 Å². The monoisotopic (exact) mass is 224 g/mol. The molecule has 0 aromatic heterocycles. The third kappa shape index (κ3) is 2.94. The summed E-state index contributed by atoms with van der Waals surface area (Å²) in [6.45, 7) is 0.851. The van der Waals surface area contributed by atoms with E-state index in [1.165, 1.54) is 0 Å². The lowest BCUT2D eigenvalue weighted by molar-refractivity contribution is -0.0875. The van der Waals surface area contributed by atoms with Gasteiger partial charge in [-0.1, -0.05) is 6.92 Å². The molecule has 0 fully saturated rings. The number of hydrogen-bond donors (Lipinski definition) is 0. The summed E-state index contributed by atoms with van der Waals surface area (Å²) in [5.74, 6) is -1.01. The fourth-order valence-electron chi connectivity index (χ4n) is 0.545. The molecule has 0 aromatic rings. The van der Waals surface area contributed by atoms with Crippen LogP contribution in [0.1, 0.15) is 6.92 Å². The lowest BCUT2D eigenvalue weighted by Crippen LogP contribution is -2.22. The van der Waals surface area contributed by atoms with Gasteiger partial charge in [-0.3, -0.25) is 0 Å². The molecule has 0 N–H and O–H groups in total. The van der Waals surface area contributed by atoms with Crippen molar-refractivity contribution < 1.29 is 30.4 Å². The summed E-state index contributed by atoms with van der Waals surface area (Å²) in [7, 11) is -4.91. The lowest BCUT2D eigenvalue weighted by atomic mass is 10.6. The third-order valence-electron chi connectivity index (χ3n) is 1.12. The van der Waals surface area contributed by atoms with Gasteiger partial charge in [0, 0.05) is 0 Å². The molecule has 0 saturated heterocycles. The van der Waals surface area contributed by atoms with Crippen LogP contribution >= 0.6 is 0 Å². The minimum absolute atomic E-state index is 0.851. The molecule has 0 amide bonds. The van der Waals surface area contributed by atoms with Gasteiger partial charge < -0.3 is 0 Å². The van der Waals surface area contributed by atoms with Gasteiger partial charge in [-0.25, -0.2) is 8.42 Å². The number of halogens is 5. The predicted molar refractivity (Wildman–Crippen MR) is 34.8 cm³/mol. The molecular formula is C5H5F5O2S. The summed E-state index contributed by atoms with van der Waals surface area (Å²) in [6.07, 6.45) is -8.76. The van der Waals surface area contributed by atoms with Gasteiger partial charge >= 0.3 is 6.18 Å². The van der Waals surface area contributed by atoms with E-state index in [0.717, 1.165) is 6.92 Å². The van der Waals surface area contributed by atoms with Crippen molar-refractivity contribution >= 4 is 9.84 Å². The van der Waals surface area contributed by atoms with Gasteiger partial charge in [0.25, 0.3) is 6.08 Å². The Morgan fingerprint density at radius 3 is 1.69 bits per heavy atom. The molecule has 0 bridgehead atoms. The van der Waals surface area contributed by atoms with Crippen molar-refractivity contribution in [2.24, 2.45) is 0 Å². The second kappa shape index (κ2) is 3.60. The van der Waals surface area contributed by atoms with Gasteiger partial charge in [0.1, 0.15) is 0 Å². The van der Waals surface area contributed by atoms with Gasteiger partial charge in [-0.2, -0.15) is 22.0 Å². The first kappa shape index (κ1) is 12.3. The van der Waals surface area contributed by atoms with E-state index in [1.54, 1.807) is 0 Å². The first-order valence-electron chi connectivity index (χ1n) is 2.98. The zero-order valence-electron chi connectivity index (χ0n) is 6.32. The van der Waals surface area contributed by atoms with Crippen LogP contribution in [-0.4, -0.2) is 20.3 Å². The van der Waals surface area contributed by atoms with Crippen molar-refractivity contribution in [3.8, 4) is 0 Å². The SMILES string of the molecule is CCS(=O)(=O)C(=C(F)F)C(F)(F)F. The molecule has 0 aromatic carbocycles. The molecule has 0 radical (unpaired) electrons. The van der Waals surface area contributed by atoms with E-state index in [-0.39, 0.29) is 0 Å². The first-order chi connectivity index (χ1) is 5.63. The summed E-state index contributed by atoms with van der Waals surface area (Å²) in [5, 5.41) is 0. The van der Waals surface area contributed by atoms with Crippen molar-refractivity contribution in [2.45, 2.75) is 13.1 Å². The van der Waals surface area contributed by atoms with Gasteiger partial charge in [0.05, 0.1) is 5.75 Å². The van der Waals surface area contributed by atoms with E-state index in [2.05, 4.69) is 0 Å². The Balaban J connectivity index is 5.50. The van der Waals surface area contributed by atoms with E-state index in [0.29, 0.717) is 0 Å². The average molecular weight is 224 g/mol. The van der Waals surface area contributed by atoms with Crippen molar-refractivity contribution in [1.82, 2.24) is 0 Å². The van der Waals surface area contributed by atoms with Crippen LogP contribution in [0.4, 0.5) is 22.0 Å². The second-order valence-corrected chi connectivity index (χ2v) is 4.21. The quantitative estimate of drug-likeness (QED) is 0.673.